The number of phenolic OH excluding ortho intramolecular Hbond substituents is 1. The number of benzene rings is 5. The van der Waals surface area contributed by atoms with Gasteiger partial charge in [0.2, 0.25) is 5.91 Å². The van der Waals surface area contributed by atoms with Crippen molar-refractivity contribution in [3.05, 3.63) is 140 Å². The van der Waals surface area contributed by atoms with Gasteiger partial charge in [-0.3, -0.25) is 29.0 Å². The second-order valence-corrected chi connectivity index (χ2v) is 14.4. The number of rotatable bonds is 17. The number of amides is 3. The lowest BCUT2D eigenvalue weighted by atomic mass is 9.94. The molecule has 0 bridgehead atoms. The Hall–Kier alpha value is -8.98. The molecule has 0 aliphatic heterocycles. The van der Waals surface area contributed by atoms with Crippen LogP contribution in [0.15, 0.2) is 106 Å². The summed E-state index contributed by atoms with van der Waals surface area (Å²) < 4.78 is 15.4. The minimum Gasteiger partial charge on any atom is -0.504 e. The van der Waals surface area contributed by atoms with Gasteiger partial charge in [0.15, 0.2) is 40.1 Å². The van der Waals surface area contributed by atoms with E-state index < -0.39 is 58.2 Å². The number of oxazole rings is 1. The molecule has 7 N–H and O–H groups in total. The maximum Gasteiger partial charge on any atom is 0.417 e. The van der Waals surface area contributed by atoms with Gasteiger partial charge in [-0.15, -0.1) is 0 Å². The molecule has 1 atom stereocenters. The van der Waals surface area contributed by atoms with Crippen molar-refractivity contribution in [2.75, 3.05) is 30.2 Å². The third-order valence-electron chi connectivity index (χ3n) is 10.1. The highest BCUT2D eigenvalue weighted by atomic mass is 16.5. The molecule has 330 valence electrons. The largest absolute Gasteiger partial charge is 0.504 e. The topological polar surface area (TPSA) is 287 Å². The van der Waals surface area contributed by atoms with Crippen LogP contribution in [-0.2, 0) is 16.0 Å². The molecule has 18 heteroatoms. The molecule has 5 aromatic carbocycles. The summed E-state index contributed by atoms with van der Waals surface area (Å²) in [7, 11) is 2.36. The Labute approximate surface area is 368 Å². The van der Waals surface area contributed by atoms with Crippen LogP contribution < -0.4 is 31.2 Å². The lowest BCUT2D eigenvalue weighted by Gasteiger charge is -2.16. The maximum atomic E-state index is 13.3. The van der Waals surface area contributed by atoms with E-state index in [4.69, 9.17) is 13.9 Å². The molecule has 1 aromatic heterocycles. The van der Waals surface area contributed by atoms with E-state index in [2.05, 4.69) is 20.9 Å². The zero-order valence-corrected chi connectivity index (χ0v) is 34.8. The van der Waals surface area contributed by atoms with E-state index >= 15 is 0 Å². The smallest absolute Gasteiger partial charge is 0.417 e. The van der Waals surface area contributed by atoms with Gasteiger partial charge >= 0.3 is 11.7 Å². The standard InChI is InChI=1S/C47H39N5O13/c1-24(20-26-6-17-38-35(21-26)52-47(62)65-38)36(53)22-25-4-7-27(8-5-25)37(54)23-29(18-19-48)44(58)49-30-11-9-28(10-12-30)43(57)50-33-15-13-31(39(55)41(33)63-2)45(59)51-34-16-14-32(46(60)61)40(56)42(34)64-3/h4-17,20-21,29,55-56H,18,22-23H2,1-3H3,(H,49,58)(H,50,57)(H,51,59)(H,52,62)(H,60,61)/b24-20+/t29-/m1/s1. The van der Waals surface area contributed by atoms with Gasteiger partial charge in [-0.25, -0.2) is 9.59 Å². The SMILES string of the molecule is COc1c(NC(=O)c2ccc(NC(=O)c3ccc(NC(=O)[C@H](CC#N)CC(=O)c4ccc(CC(=O)/C(C)=C/c5ccc6oc(=O)[nH]c6c5)cc4)cc3)c(OC)c2O)ccc(C(=O)O)c1O. The summed E-state index contributed by atoms with van der Waals surface area (Å²) in [6, 6.07) is 23.8. The number of ether oxygens (including phenoxy) is 2. The van der Waals surface area contributed by atoms with E-state index in [-0.39, 0.29) is 70.3 Å². The molecule has 3 amide bonds. The number of Topliss-reactive ketones (excluding diaryl/α,β-unsaturated/α-hetero) is 2. The summed E-state index contributed by atoms with van der Waals surface area (Å²) in [5, 5.41) is 47.6. The second kappa shape index (κ2) is 19.8. The average Bonchev–Trinajstić information content (AvgIpc) is 3.65. The number of H-pyrrole nitrogens is 1. The number of nitrogens with zero attached hydrogens (tertiary/aromatic N) is 1. The van der Waals surface area contributed by atoms with Gasteiger partial charge in [-0.05, 0) is 90.4 Å². The Bertz CT molecular complexity index is 3000. The van der Waals surface area contributed by atoms with E-state index in [0.29, 0.717) is 27.8 Å². The quantitative estimate of drug-likeness (QED) is 0.0370. The van der Waals surface area contributed by atoms with Crippen LogP contribution in [0.4, 0.5) is 17.1 Å². The number of aromatic hydroxyl groups is 2. The monoisotopic (exact) mass is 881 g/mol. The minimum atomic E-state index is -1.43. The number of hydrogen-bond donors (Lipinski definition) is 7. The van der Waals surface area contributed by atoms with Crippen LogP contribution in [0.3, 0.4) is 0 Å². The van der Waals surface area contributed by atoms with E-state index in [1.165, 1.54) is 49.6 Å². The van der Waals surface area contributed by atoms with Crippen molar-refractivity contribution < 1.29 is 58.0 Å². The van der Waals surface area contributed by atoms with Crippen LogP contribution in [0, 0.1) is 17.2 Å². The second-order valence-electron chi connectivity index (χ2n) is 14.4. The fourth-order valence-electron chi connectivity index (χ4n) is 6.67. The average molecular weight is 882 g/mol. The number of aromatic carboxylic acids is 1. The number of carboxylic acid groups (broad SMARTS) is 1. The highest BCUT2D eigenvalue weighted by Crippen LogP contribution is 2.40. The molecule has 1 heterocycles. The Kier molecular flexibility index (Phi) is 13.9. The predicted molar refractivity (Wildman–Crippen MR) is 236 cm³/mol. The number of carbonyl (C=O) groups is 6. The molecule has 0 saturated heterocycles. The van der Waals surface area contributed by atoms with Crippen molar-refractivity contribution in [2.45, 2.75) is 26.2 Å². The van der Waals surface area contributed by atoms with Crippen molar-refractivity contribution >= 4 is 69.5 Å². The highest BCUT2D eigenvalue weighted by Gasteiger charge is 2.25. The molecule has 0 aliphatic carbocycles. The number of methoxy groups -OCH3 is 2. The number of aromatic amines is 1. The van der Waals surface area contributed by atoms with Crippen LogP contribution in [0.25, 0.3) is 17.2 Å². The Morgan fingerprint density at radius 2 is 1.38 bits per heavy atom. The van der Waals surface area contributed by atoms with Crippen LogP contribution in [0.2, 0.25) is 0 Å². The number of anilines is 3. The van der Waals surface area contributed by atoms with Gasteiger partial charge in [-0.2, -0.15) is 5.26 Å². The van der Waals surface area contributed by atoms with E-state index in [1.54, 1.807) is 55.5 Å². The van der Waals surface area contributed by atoms with E-state index in [0.717, 1.165) is 13.2 Å². The molecule has 0 radical (unpaired) electrons. The first-order chi connectivity index (χ1) is 31.1. The molecule has 0 fully saturated rings. The first-order valence-corrected chi connectivity index (χ1v) is 19.5. The first-order valence-electron chi connectivity index (χ1n) is 19.5. The highest BCUT2D eigenvalue weighted by molar-refractivity contribution is 6.10. The first kappa shape index (κ1) is 45.5. The number of phenols is 2. The normalized spacial score (nSPS) is 11.5. The van der Waals surface area contributed by atoms with Crippen molar-refractivity contribution in [3.8, 4) is 29.1 Å². The fourth-order valence-corrected chi connectivity index (χ4v) is 6.67. The molecule has 6 aromatic rings. The molecule has 6 rings (SSSR count). The van der Waals surface area contributed by atoms with E-state index in [1.807, 2.05) is 6.07 Å². The summed E-state index contributed by atoms with van der Waals surface area (Å²) in [6.45, 7) is 1.68. The third kappa shape index (κ3) is 10.6. The number of hydrogen-bond acceptors (Lipinski definition) is 13. The molecule has 0 unspecified atom stereocenters. The van der Waals surface area contributed by atoms with Crippen molar-refractivity contribution in [3.63, 3.8) is 0 Å². The number of aromatic nitrogens is 1. The number of nitriles is 1. The summed E-state index contributed by atoms with van der Waals surface area (Å²) in [4.78, 5) is 91.2. The predicted octanol–water partition coefficient (Wildman–Crippen LogP) is 6.71. The molecule has 18 nitrogen and oxygen atoms in total. The van der Waals surface area contributed by atoms with Gasteiger partial charge in [-0.1, -0.05) is 30.3 Å². The molecule has 65 heavy (non-hydrogen) atoms. The van der Waals surface area contributed by atoms with Crippen molar-refractivity contribution in [2.24, 2.45) is 5.92 Å². The summed E-state index contributed by atoms with van der Waals surface area (Å²) >= 11 is 0. The number of ketones is 2. The zero-order valence-electron chi connectivity index (χ0n) is 34.8. The number of carboxylic acids is 1. The van der Waals surface area contributed by atoms with Gasteiger partial charge in [0.1, 0.15) is 5.56 Å². The lowest BCUT2D eigenvalue weighted by Crippen LogP contribution is -2.25. The number of nitrogens with one attached hydrogen (secondary N) is 4. The van der Waals surface area contributed by atoms with E-state index in [9.17, 15) is 54.1 Å². The van der Waals surface area contributed by atoms with Crippen LogP contribution in [-0.4, -0.2) is 69.8 Å². The molecule has 0 aliphatic rings. The molecule has 0 saturated carbocycles. The lowest BCUT2D eigenvalue weighted by molar-refractivity contribution is -0.119. The van der Waals surface area contributed by atoms with Crippen molar-refractivity contribution in [1.82, 2.24) is 4.98 Å². The zero-order chi connectivity index (χ0) is 46.9. The Balaban J connectivity index is 1.04. The maximum absolute atomic E-state index is 13.3. The molecular formula is C47H39N5O13. The summed E-state index contributed by atoms with van der Waals surface area (Å²) in [6.07, 6.45) is 1.22. The minimum absolute atomic E-state index is 0.0127. The fraction of sp³-hybridized carbons (Fsp3) is 0.149. The number of fused-ring (bicyclic) bond motifs is 1. The van der Waals surface area contributed by atoms with Gasteiger partial charge < -0.3 is 45.2 Å². The molecule has 0 spiro atoms. The van der Waals surface area contributed by atoms with Crippen LogP contribution in [0.1, 0.15) is 72.3 Å². The third-order valence-corrected chi connectivity index (χ3v) is 10.1. The van der Waals surface area contributed by atoms with Crippen molar-refractivity contribution in [1.29, 1.82) is 5.26 Å². The van der Waals surface area contributed by atoms with Crippen LogP contribution in [0.5, 0.6) is 23.0 Å². The van der Waals surface area contributed by atoms with Gasteiger partial charge in [0.05, 0.1) is 48.7 Å². The van der Waals surface area contributed by atoms with Crippen LogP contribution >= 0.6 is 0 Å². The Morgan fingerprint density at radius 1 is 0.785 bits per heavy atom. The molecular weight excluding hydrogens is 843 g/mol. The number of allylic oxidation sites excluding steroid dienone is 1. The summed E-state index contributed by atoms with van der Waals surface area (Å²) in [5.74, 6) is -7.68. The summed E-state index contributed by atoms with van der Waals surface area (Å²) in [5.41, 5.74) is 2.55. The van der Waals surface area contributed by atoms with Gasteiger partial charge in [0.25, 0.3) is 11.8 Å². The van der Waals surface area contributed by atoms with Gasteiger partial charge in [0, 0.05) is 36.1 Å². The number of carbonyl (C=O) groups excluding carboxylic acids is 5. The Morgan fingerprint density at radius 3 is 2.00 bits per heavy atom.